The molecular weight excluding hydrogens is 506 g/mol. The predicted molar refractivity (Wildman–Crippen MR) is 160 cm³/mol. The number of methoxy groups -OCH3 is 1. The van der Waals surface area contributed by atoms with E-state index < -0.39 is 23.6 Å². The van der Waals surface area contributed by atoms with Crippen molar-refractivity contribution in [1.29, 1.82) is 5.41 Å². The van der Waals surface area contributed by atoms with Crippen molar-refractivity contribution in [3.8, 4) is 28.7 Å². The number of ether oxygens (including phenoxy) is 2. The van der Waals surface area contributed by atoms with Gasteiger partial charge in [-0.25, -0.2) is 9.78 Å². The first-order valence-corrected chi connectivity index (χ1v) is 12.7. The molecule has 9 nitrogen and oxygen atoms in total. The molecule has 0 saturated heterocycles. The van der Waals surface area contributed by atoms with Crippen LogP contribution in [0.3, 0.4) is 0 Å². The fourth-order valence-corrected chi connectivity index (χ4v) is 3.83. The summed E-state index contributed by atoms with van der Waals surface area (Å²) in [5.41, 5.74) is 3.14. The first-order valence-electron chi connectivity index (χ1n) is 12.7. The van der Waals surface area contributed by atoms with Crippen LogP contribution >= 0.6 is 0 Å². The van der Waals surface area contributed by atoms with Crippen LogP contribution in [0.4, 0.5) is 16.3 Å². The highest BCUT2D eigenvalue weighted by molar-refractivity contribution is 5.98. The van der Waals surface area contributed by atoms with Crippen molar-refractivity contribution in [3.63, 3.8) is 0 Å². The van der Waals surface area contributed by atoms with Gasteiger partial charge in [0.2, 0.25) is 5.91 Å². The molecule has 1 aromatic heterocycles. The van der Waals surface area contributed by atoms with Gasteiger partial charge >= 0.3 is 6.09 Å². The number of pyridine rings is 1. The van der Waals surface area contributed by atoms with Gasteiger partial charge in [-0.15, -0.1) is 0 Å². The Morgan fingerprint density at radius 1 is 1.10 bits per heavy atom. The minimum absolute atomic E-state index is 0. The van der Waals surface area contributed by atoms with E-state index in [0.29, 0.717) is 28.3 Å². The largest absolute Gasteiger partial charge is 0.493 e. The van der Waals surface area contributed by atoms with Crippen LogP contribution in [0, 0.1) is 17.3 Å². The van der Waals surface area contributed by atoms with E-state index in [1.807, 2.05) is 48.5 Å². The van der Waals surface area contributed by atoms with Crippen molar-refractivity contribution < 1.29 is 20.5 Å². The Kier molecular flexibility index (Phi) is 9.51. The average Bonchev–Trinajstić information content (AvgIpc) is 2.93. The zero-order chi connectivity index (χ0) is 29.4. The van der Waals surface area contributed by atoms with Gasteiger partial charge in [-0.1, -0.05) is 42.3 Å². The highest BCUT2D eigenvalue weighted by Gasteiger charge is 2.28. The van der Waals surface area contributed by atoms with Crippen LogP contribution in [-0.2, 0) is 9.53 Å². The Bertz CT molecular complexity index is 1460. The lowest BCUT2D eigenvalue weighted by molar-refractivity contribution is -0.120. The minimum Gasteiger partial charge on any atom is -0.493 e. The van der Waals surface area contributed by atoms with E-state index in [1.54, 1.807) is 40.8 Å². The van der Waals surface area contributed by atoms with Crippen molar-refractivity contribution in [2.75, 3.05) is 31.8 Å². The number of anilines is 2. The normalized spacial score (nSPS) is 11.4. The molecule has 0 spiro atoms. The number of para-hydroxylation sites is 1. The summed E-state index contributed by atoms with van der Waals surface area (Å²) in [6, 6.07) is 15.8. The monoisotopic (exact) mass is 543 g/mol. The maximum Gasteiger partial charge on any atom is 0.410 e. The first-order chi connectivity index (χ1) is 19.0. The Hall–Kier alpha value is -4.84. The summed E-state index contributed by atoms with van der Waals surface area (Å²) in [5.74, 6) is 6.36. The number of amides is 2. The van der Waals surface area contributed by atoms with Crippen LogP contribution in [0.5, 0.6) is 5.75 Å². The third-order valence-corrected chi connectivity index (χ3v) is 5.96. The van der Waals surface area contributed by atoms with E-state index in [0.717, 1.165) is 11.1 Å². The summed E-state index contributed by atoms with van der Waals surface area (Å²) < 4.78 is 11.2. The van der Waals surface area contributed by atoms with Crippen molar-refractivity contribution >= 4 is 29.7 Å². The summed E-state index contributed by atoms with van der Waals surface area (Å²) in [5, 5.41) is 13.8. The lowest BCUT2D eigenvalue weighted by Gasteiger charge is -2.28. The number of nitrogens with zero attached hydrogens (tertiary/aromatic N) is 2. The molecule has 1 heterocycles. The summed E-state index contributed by atoms with van der Waals surface area (Å²) in [6.07, 6.45) is 0.644. The standard InChI is InChI=1S/C31H35N5O4.H2/c1-20(36(6)30(38)40-31(2,3)4)29(37)35-26-18-24(23-15-11-14-22(19-32)27(23)33-5)28(39-7)25(34-26)17-16-21-12-9-8-10-13-21;/h8-15,18-20,32-33H,1-7H3,(H,34,35,37);1H. The second kappa shape index (κ2) is 12.8. The Morgan fingerprint density at radius 2 is 1.80 bits per heavy atom. The number of carbonyl (C=O) groups is 2. The number of likely N-dealkylation sites (N-methyl/N-ethyl adjacent to an activating group) is 1. The third-order valence-electron chi connectivity index (χ3n) is 5.96. The van der Waals surface area contributed by atoms with Crippen LogP contribution in [0.15, 0.2) is 54.6 Å². The maximum absolute atomic E-state index is 13.2. The van der Waals surface area contributed by atoms with E-state index in [4.69, 9.17) is 14.9 Å². The van der Waals surface area contributed by atoms with E-state index in [2.05, 4.69) is 27.5 Å². The summed E-state index contributed by atoms with van der Waals surface area (Å²) in [4.78, 5) is 31.6. The van der Waals surface area contributed by atoms with Crippen molar-refractivity contribution in [2.45, 2.75) is 39.3 Å². The van der Waals surface area contributed by atoms with Crippen molar-refractivity contribution in [1.82, 2.24) is 9.88 Å². The van der Waals surface area contributed by atoms with E-state index in [-0.39, 0.29) is 7.24 Å². The molecule has 0 aliphatic heterocycles. The number of hydrogen-bond donors (Lipinski definition) is 3. The fourth-order valence-electron chi connectivity index (χ4n) is 3.83. The van der Waals surface area contributed by atoms with E-state index in [1.165, 1.54) is 25.3 Å². The number of nitrogens with one attached hydrogen (secondary N) is 3. The fraction of sp³-hybridized carbons (Fsp3) is 0.290. The lowest BCUT2D eigenvalue weighted by Crippen LogP contribution is -2.45. The topological polar surface area (TPSA) is 117 Å². The molecular formula is C31H37N5O4. The van der Waals surface area contributed by atoms with Crippen molar-refractivity contribution in [2.24, 2.45) is 0 Å². The molecule has 40 heavy (non-hydrogen) atoms. The molecule has 0 bridgehead atoms. The van der Waals surface area contributed by atoms with Crippen LogP contribution in [-0.4, -0.2) is 60.9 Å². The van der Waals surface area contributed by atoms with Gasteiger partial charge in [-0.05, 0) is 51.8 Å². The van der Waals surface area contributed by atoms with E-state index >= 15 is 0 Å². The molecule has 210 valence electrons. The molecule has 0 radical (unpaired) electrons. The molecule has 1 atom stereocenters. The molecule has 1 unspecified atom stereocenters. The van der Waals surface area contributed by atoms with Gasteiger partial charge < -0.3 is 25.5 Å². The lowest BCUT2D eigenvalue weighted by atomic mass is 9.99. The number of aromatic nitrogens is 1. The van der Waals surface area contributed by atoms with E-state index in [9.17, 15) is 9.59 Å². The number of carbonyl (C=O) groups excluding carboxylic acids is 2. The highest BCUT2D eigenvalue weighted by Crippen LogP contribution is 2.39. The van der Waals surface area contributed by atoms with Gasteiger partial charge in [0.15, 0.2) is 11.4 Å². The molecule has 0 aliphatic rings. The average molecular weight is 544 g/mol. The van der Waals surface area contributed by atoms with Crippen LogP contribution in [0.25, 0.3) is 11.1 Å². The Morgan fingerprint density at radius 3 is 2.40 bits per heavy atom. The summed E-state index contributed by atoms with van der Waals surface area (Å²) in [7, 11) is 4.81. The van der Waals surface area contributed by atoms with Gasteiger partial charge in [-0.3, -0.25) is 9.69 Å². The quantitative estimate of drug-likeness (QED) is 0.262. The minimum atomic E-state index is -0.852. The van der Waals surface area contributed by atoms with Crippen LogP contribution < -0.4 is 15.4 Å². The molecule has 0 aliphatic carbocycles. The number of hydrogen-bond acceptors (Lipinski definition) is 7. The number of benzene rings is 2. The predicted octanol–water partition coefficient (Wildman–Crippen LogP) is 5.64. The van der Waals surface area contributed by atoms with Crippen LogP contribution in [0.1, 0.15) is 45.9 Å². The van der Waals surface area contributed by atoms with Gasteiger partial charge in [-0.2, -0.15) is 0 Å². The second-order valence-corrected chi connectivity index (χ2v) is 9.97. The van der Waals surface area contributed by atoms with Crippen LogP contribution in [0.2, 0.25) is 0 Å². The SMILES string of the molecule is CNc1c(C=N)cccc1-c1cc(NC(=O)C(C)N(C)C(=O)OC(C)(C)C)nc(C#Cc2ccccc2)c1OC.[HH]. The molecule has 2 amide bonds. The number of rotatable bonds is 7. The highest BCUT2D eigenvalue weighted by atomic mass is 16.6. The zero-order valence-electron chi connectivity index (χ0n) is 23.9. The molecule has 3 rings (SSSR count). The van der Waals surface area contributed by atoms with Crippen molar-refractivity contribution in [3.05, 3.63) is 71.4 Å². The summed E-state index contributed by atoms with van der Waals surface area (Å²) in [6.45, 7) is 6.89. The molecule has 0 fully saturated rings. The molecule has 3 aromatic rings. The zero-order valence-corrected chi connectivity index (χ0v) is 23.9. The van der Waals surface area contributed by atoms with Gasteiger partial charge in [0, 0.05) is 44.0 Å². The second-order valence-electron chi connectivity index (χ2n) is 9.97. The smallest absolute Gasteiger partial charge is 0.410 e. The third kappa shape index (κ3) is 7.17. The van der Waals surface area contributed by atoms with Gasteiger partial charge in [0.1, 0.15) is 17.5 Å². The maximum atomic E-state index is 13.2. The molecule has 0 saturated carbocycles. The van der Waals surface area contributed by atoms with Gasteiger partial charge in [0.25, 0.3) is 0 Å². The Labute approximate surface area is 236 Å². The van der Waals surface area contributed by atoms with Gasteiger partial charge in [0.05, 0.1) is 12.8 Å². The first kappa shape index (κ1) is 29.7. The molecule has 9 heteroatoms. The molecule has 3 N–H and O–H groups in total. The summed E-state index contributed by atoms with van der Waals surface area (Å²) >= 11 is 0. The Balaban J connectivity index is 0.00000588. The molecule has 2 aromatic carbocycles.